The summed E-state index contributed by atoms with van der Waals surface area (Å²) in [5, 5.41) is 3.45. The van der Waals surface area contributed by atoms with Crippen LogP contribution in [-0.2, 0) is 6.42 Å². The second-order valence-electron chi connectivity index (χ2n) is 4.55. The van der Waals surface area contributed by atoms with Gasteiger partial charge in [0.2, 0.25) is 0 Å². The molecule has 21 heavy (non-hydrogen) atoms. The Morgan fingerprint density at radius 1 is 1.33 bits per heavy atom. The molecule has 2 aromatic rings. The van der Waals surface area contributed by atoms with E-state index in [0.29, 0.717) is 0 Å². The van der Waals surface area contributed by atoms with Crippen LogP contribution in [0.15, 0.2) is 32.5 Å². The summed E-state index contributed by atoms with van der Waals surface area (Å²) >= 11 is 8.71. The summed E-state index contributed by atoms with van der Waals surface area (Å²) in [4.78, 5) is 1.21. The molecule has 0 bridgehead atoms. The summed E-state index contributed by atoms with van der Waals surface area (Å²) in [5.41, 5.74) is 0.944. The number of ether oxygens (including phenoxy) is 1. The topological polar surface area (TPSA) is 21.3 Å². The molecule has 1 aromatic heterocycles. The third-order valence-electron chi connectivity index (χ3n) is 3.11. The molecule has 0 fully saturated rings. The molecule has 1 aromatic carbocycles. The largest absolute Gasteiger partial charge is 0.494 e. The highest BCUT2D eigenvalue weighted by Crippen LogP contribution is 2.36. The SMILES string of the molecule is CCNC(Cc1ccc(OC)c(F)c1)c1cc(Br)c(Br)s1. The van der Waals surface area contributed by atoms with Crippen molar-refractivity contribution in [3.05, 3.63) is 48.8 Å². The van der Waals surface area contributed by atoms with Crippen LogP contribution in [0, 0.1) is 5.82 Å². The molecule has 1 heterocycles. The highest BCUT2D eigenvalue weighted by Gasteiger charge is 2.16. The molecule has 0 saturated heterocycles. The number of likely N-dealkylation sites (N-methyl/N-ethyl adjacent to an activating group) is 1. The zero-order valence-electron chi connectivity index (χ0n) is 11.8. The predicted octanol–water partition coefficient (Wildman–Crippen LogP) is 5.31. The Morgan fingerprint density at radius 2 is 2.10 bits per heavy atom. The number of rotatable bonds is 6. The Balaban J connectivity index is 2.21. The Hall–Kier alpha value is -0.430. The highest BCUT2D eigenvalue weighted by atomic mass is 79.9. The lowest BCUT2D eigenvalue weighted by molar-refractivity contribution is 0.386. The number of halogens is 3. The number of methoxy groups -OCH3 is 1. The zero-order chi connectivity index (χ0) is 15.4. The molecule has 2 rings (SSSR count). The van der Waals surface area contributed by atoms with Gasteiger partial charge < -0.3 is 10.1 Å². The summed E-state index contributed by atoms with van der Waals surface area (Å²) in [5.74, 6) is -0.0425. The standard InChI is InChI=1S/C15H16Br2FNOS/c1-3-19-12(14-8-10(16)15(17)21-14)7-9-4-5-13(20-2)11(18)6-9/h4-6,8,12,19H,3,7H2,1-2H3. The van der Waals surface area contributed by atoms with E-state index in [2.05, 4.69) is 50.2 Å². The molecule has 0 spiro atoms. The first-order valence-corrected chi connectivity index (χ1v) is 8.96. The molecule has 1 atom stereocenters. The van der Waals surface area contributed by atoms with Crippen molar-refractivity contribution in [2.24, 2.45) is 0 Å². The van der Waals surface area contributed by atoms with Gasteiger partial charge >= 0.3 is 0 Å². The van der Waals surface area contributed by atoms with Crippen molar-refractivity contribution in [2.75, 3.05) is 13.7 Å². The van der Waals surface area contributed by atoms with E-state index >= 15 is 0 Å². The van der Waals surface area contributed by atoms with Gasteiger partial charge in [-0.1, -0.05) is 13.0 Å². The molecular formula is C15H16Br2FNOS. The Labute approximate surface area is 145 Å². The first-order chi connectivity index (χ1) is 10.0. The second kappa shape index (κ2) is 7.72. The lowest BCUT2D eigenvalue weighted by atomic mass is 10.0. The van der Waals surface area contributed by atoms with Gasteiger partial charge in [-0.2, -0.15) is 0 Å². The van der Waals surface area contributed by atoms with E-state index in [9.17, 15) is 4.39 Å². The van der Waals surface area contributed by atoms with Gasteiger partial charge in [0.15, 0.2) is 11.6 Å². The zero-order valence-corrected chi connectivity index (χ0v) is 15.7. The van der Waals surface area contributed by atoms with Gasteiger partial charge in [-0.05, 0) is 68.6 Å². The van der Waals surface area contributed by atoms with E-state index in [-0.39, 0.29) is 17.6 Å². The number of nitrogens with one attached hydrogen (secondary N) is 1. The molecule has 0 amide bonds. The van der Waals surface area contributed by atoms with Crippen molar-refractivity contribution in [1.82, 2.24) is 5.32 Å². The minimum Gasteiger partial charge on any atom is -0.494 e. The van der Waals surface area contributed by atoms with Crippen LogP contribution in [0.25, 0.3) is 0 Å². The van der Waals surface area contributed by atoms with Crippen LogP contribution < -0.4 is 10.1 Å². The average molecular weight is 437 g/mol. The van der Waals surface area contributed by atoms with Crippen LogP contribution >= 0.6 is 43.2 Å². The quantitative estimate of drug-likeness (QED) is 0.662. The molecule has 6 heteroatoms. The van der Waals surface area contributed by atoms with Crippen LogP contribution in [0.2, 0.25) is 0 Å². The van der Waals surface area contributed by atoms with Gasteiger partial charge in [0, 0.05) is 15.4 Å². The Bertz CT molecular complexity index is 598. The van der Waals surface area contributed by atoms with Crippen molar-refractivity contribution in [2.45, 2.75) is 19.4 Å². The van der Waals surface area contributed by atoms with E-state index in [0.717, 1.165) is 26.8 Å². The molecule has 0 aliphatic carbocycles. The van der Waals surface area contributed by atoms with Crippen LogP contribution in [0.3, 0.4) is 0 Å². The average Bonchev–Trinajstić information content (AvgIpc) is 2.78. The number of hydrogen-bond donors (Lipinski definition) is 1. The van der Waals surface area contributed by atoms with Gasteiger partial charge in [0.1, 0.15) is 0 Å². The molecule has 114 valence electrons. The second-order valence-corrected chi connectivity index (χ2v) is 7.81. The third kappa shape index (κ3) is 4.28. The van der Waals surface area contributed by atoms with E-state index in [1.165, 1.54) is 12.0 Å². The summed E-state index contributed by atoms with van der Waals surface area (Å²) in [6.07, 6.45) is 0.730. The summed E-state index contributed by atoms with van der Waals surface area (Å²) in [7, 11) is 1.47. The van der Waals surface area contributed by atoms with Gasteiger partial charge in [-0.25, -0.2) is 4.39 Å². The fourth-order valence-electron chi connectivity index (χ4n) is 2.13. The third-order valence-corrected chi connectivity index (χ3v) is 6.48. The monoisotopic (exact) mass is 435 g/mol. The lowest BCUT2D eigenvalue weighted by Gasteiger charge is -2.17. The summed E-state index contributed by atoms with van der Waals surface area (Å²) in [6, 6.07) is 7.39. The first kappa shape index (κ1) is 16.9. The van der Waals surface area contributed by atoms with Gasteiger partial charge in [-0.3, -0.25) is 0 Å². The first-order valence-electron chi connectivity index (χ1n) is 6.55. The minimum absolute atomic E-state index is 0.162. The number of hydrogen-bond acceptors (Lipinski definition) is 3. The van der Waals surface area contributed by atoms with Crippen molar-refractivity contribution in [3.63, 3.8) is 0 Å². The minimum atomic E-state index is -0.321. The van der Waals surface area contributed by atoms with E-state index in [1.54, 1.807) is 23.5 Å². The summed E-state index contributed by atoms with van der Waals surface area (Å²) < 4.78 is 20.9. The molecule has 0 aliphatic rings. The van der Waals surface area contributed by atoms with E-state index < -0.39 is 0 Å². The number of benzene rings is 1. The highest BCUT2D eigenvalue weighted by molar-refractivity contribution is 9.13. The van der Waals surface area contributed by atoms with Crippen LogP contribution in [0.1, 0.15) is 23.4 Å². The Kier molecular flexibility index (Phi) is 6.22. The smallest absolute Gasteiger partial charge is 0.165 e. The van der Waals surface area contributed by atoms with E-state index in [4.69, 9.17) is 4.74 Å². The molecule has 1 unspecified atom stereocenters. The van der Waals surface area contributed by atoms with Gasteiger partial charge in [0.05, 0.1) is 10.9 Å². The molecular weight excluding hydrogens is 421 g/mol. The molecule has 0 saturated carbocycles. The molecule has 2 nitrogen and oxygen atoms in total. The fraction of sp³-hybridized carbons (Fsp3) is 0.333. The molecule has 1 N–H and O–H groups in total. The number of thiophene rings is 1. The van der Waals surface area contributed by atoms with Crippen molar-refractivity contribution in [1.29, 1.82) is 0 Å². The lowest BCUT2D eigenvalue weighted by Crippen LogP contribution is -2.22. The van der Waals surface area contributed by atoms with Crippen molar-refractivity contribution in [3.8, 4) is 5.75 Å². The van der Waals surface area contributed by atoms with Crippen molar-refractivity contribution >= 4 is 43.2 Å². The van der Waals surface area contributed by atoms with E-state index in [1.807, 2.05) is 6.07 Å². The van der Waals surface area contributed by atoms with Crippen molar-refractivity contribution < 1.29 is 9.13 Å². The van der Waals surface area contributed by atoms with Crippen LogP contribution in [-0.4, -0.2) is 13.7 Å². The maximum absolute atomic E-state index is 13.8. The Morgan fingerprint density at radius 3 is 2.62 bits per heavy atom. The van der Waals surface area contributed by atoms with Gasteiger partial charge in [0.25, 0.3) is 0 Å². The molecule has 0 radical (unpaired) electrons. The fourth-order valence-corrected chi connectivity index (χ4v) is 4.29. The molecule has 0 aliphatic heterocycles. The maximum Gasteiger partial charge on any atom is 0.165 e. The van der Waals surface area contributed by atoms with Gasteiger partial charge in [-0.15, -0.1) is 11.3 Å². The van der Waals surface area contributed by atoms with Crippen LogP contribution in [0.4, 0.5) is 4.39 Å². The normalized spacial score (nSPS) is 12.4. The van der Waals surface area contributed by atoms with Crippen LogP contribution in [0.5, 0.6) is 5.75 Å². The summed E-state index contributed by atoms with van der Waals surface area (Å²) in [6.45, 7) is 2.93. The predicted molar refractivity (Wildman–Crippen MR) is 92.8 cm³/mol. The maximum atomic E-state index is 13.8.